The fourth-order valence-corrected chi connectivity index (χ4v) is 3.65. The summed E-state index contributed by atoms with van der Waals surface area (Å²) >= 11 is 0. The maximum atomic E-state index is 12.3. The predicted molar refractivity (Wildman–Crippen MR) is 104 cm³/mol. The maximum Gasteiger partial charge on any atom is 0.339 e. The van der Waals surface area contributed by atoms with Crippen LogP contribution in [-0.4, -0.2) is 29.6 Å². The van der Waals surface area contributed by atoms with Crippen molar-refractivity contribution in [3.63, 3.8) is 0 Å². The molecule has 3 rings (SSSR count). The molecule has 28 heavy (non-hydrogen) atoms. The smallest absolute Gasteiger partial charge is 0.339 e. The molecule has 0 bridgehead atoms. The van der Waals surface area contributed by atoms with Crippen molar-refractivity contribution in [1.29, 1.82) is 0 Å². The van der Waals surface area contributed by atoms with E-state index in [4.69, 9.17) is 14.3 Å². The van der Waals surface area contributed by atoms with E-state index in [0.29, 0.717) is 16.9 Å². The topological polar surface area (TPSA) is 106 Å². The van der Waals surface area contributed by atoms with E-state index in [1.807, 2.05) is 6.07 Å². The first-order valence-corrected chi connectivity index (χ1v) is 9.52. The number of nitrogens with one attached hydrogen (secondary N) is 1. The largest absolute Gasteiger partial charge is 0.483 e. The normalized spacial score (nSPS) is 14.6. The monoisotopic (exact) mass is 387 g/mol. The zero-order valence-corrected chi connectivity index (χ0v) is 16.3. The molecule has 0 radical (unpaired) electrons. The number of hydrogen-bond donors (Lipinski definition) is 2. The van der Waals surface area contributed by atoms with Gasteiger partial charge in [-0.15, -0.1) is 0 Å². The van der Waals surface area contributed by atoms with Gasteiger partial charge in [-0.2, -0.15) is 0 Å². The van der Waals surface area contributed by atoms with Gasteiger partial charge >= 0.3 is 11.6 Å². The first-order valence-electron chi connectivity index (χ1n) is 9.52. The van der Waals surface area contributed by atoms with Crippen molar-refractivity contribution in [2.45, 2.75) is 52.5 Å². The molecule has 2 N–H and O–H groups in total. The van der Waals surface area contributed by atoms with Gasteiger partial charge in [-0.3, -0.25) is 4.79 Å². The Balaban J connectivity index is 1.81. The van der Waals surface area contributed by atoms with Crippen molar-refractivity contribution in [2.24, 2.45) is 5.92 Å². The van der Waals surface area contributed by atoms with Gasteiger partial charge in [-0.25, -0.2) is 9.59 Å². The Morgan fingerprint density at radius 2 is 1.89 bits per heavy atom. The third kappa shape index (κ3) is 3.88. The molecular weight excluding hydrogens is 362 g/mol. The fourth-order valence-electron chi connectivity index (χ4n) is 3.65. The van der Waals surface area contributed by atoms with Crippen LogP contribution in [0.3, 0.4) is 0 Å². The average molecular weight is 387 g/mol. The number of carboxylic acids is 1. The van der Waals surface area contributed by atoms with Crippen LogP contribution in [0.5, 0.6) is 5.75 Å². The van der Waals surface area contributed by atoms with E-state index in [-0.39, 0.29) is 18.2 Å². The number of aryl methyl sites for hydroxylation is 2. The Hall–Kier alpha value is -2.83. The van der Waals surface area contributed by atoms with Crippen molar-refractivity contribution < 1.29 is 23.8 Å². The molecule has 1 aliphatic carbocycles. The van der Waals surface area contributed by atoms with Crippen LogP contribution in [0.25, 0.3) is 11.0 Å². The van der Waals surface area contributed by atoms with Crippen LogP contribution >= 0.6 is 0 Å². The highest BCUT2D eigenvalue weighted by molar-refractivity contribution is 5.87. The molecule has 1 aromatic carbocycles. The van der Waals surface area contributed by atoms with Crippen LogP contribution in [0.4, 0.5) is 0 Å². The second kappa shape index (κ2) is 8.04. The first kappa shape index (κ1) is 19.9. The predicted octanol–water partition coefficient (Wildman–Crippen LogP) is 2.58. The number of rotatable bonds is 6. The van der Waals surface area contributed by atoms with Crippen LogP contribution in [0, 0.1) is 12.8 Å². The second-order valence-corrected chi connectivity index (χ2v) is 7.54. The number of ether oxygens (including phenoxy) is 1. The number of fused-ring (bicyclic) bond motifs is 3. The maximum absolute atomic E-state index is 12.3. The molecule has 0 aliphatic heterocycles. The van der Waals surface area contributed by atoms with E-state index in [0.717, 1.165) is 42.2 Å². The molecule has 0 spiro atoms. The molecule has 7 nitrogen and oxygen atoms in total. The quantitative estimate of drug-likeness (QED) is 0.738. The van der Waals surface area contributed by atoms with Crippen molar-refractivity contribution in [1.82, 2.24) is 5.32 Å². The Labute approximate surface area is 162 Å². The average Bonchev–Trinajstić information content (AvgIpc) is 2.66. The van der Waals surface area contributed by atoms with E-state index >= 15 is 0 Å². The number of carbonyl (C=O) groups is 2. The molecule has 1 amide bonds. The highest BCUT2D eigenvalue weighted by Crippen LogP contribution is 2.32. The van der Waals surface area contributed by atoms with Gasteiger partial charge in [-0.05, 0) is 56.2 Å². The molecule has 0 fully saturated rings. The molecule has 1 aliphatic rings. The zero-order valence-electron chi connectivity index (χ0n) is 16.3. The summed E-state index contributed by atoms with van der Waals surface area (Å²) in [6.45, 7) is 4.89. The summed E-state index contributed by atoms with van der Waals surface area (Å²) in [5.74, 6) is -1.42. The highest BCUT2D eigenvalue weighted by Gasteiger charge is 2.24. The summed E-state index contributed by atoms with van der Waals surface area (Å²) in [6.07, 6.45) is 3.63. The van der Waals surface area contributed by atoms with Crippen molar-refractivity contribution in [2.75, 3.05) is 6.61 Å². The van der Waals surface area contributed by atoms with Crippen LogP contribution in [0.15, 0.2) is 21.3 Å². The minimum absolute atomic E-state index is 0.246. The summed E-state index contributed by atoms with van der Waals surface area (Å²) in [4.78, 5) is 35.6. The van der Waals surface area contributed by atoms with Crippen molar-refractivity contribution >= 4 is 22.8 Å². The van der Waals surface area contributed by atoms with Gasteiger partial charge in [0.25, 0.3) is 5.91 Å². The molecule has 150 valence electrons. The van der Waals surface area contributed by atoms with E-state index in [2.05, 4.69) is 5.32 Å². The number of aliphatic carboxylic acids is 1. The lowest BCUT2D eigenvalue weighted by Crippen LogP contribution is -2.46. The lowest BCUT2D eigenvalue weighted by atomic mass is 9.90. The molecule has 2 aromatic rings. The summed E-state index contributed by atoms with van der Waals surface area (Å²) in [7, 11) is 0. The number of carboxylic acid groups (broad SMARTS) is 1. The van der Waals surface area contributed by atoms with Gasteiger partial charge in [0.15, 0.2) is 6.61 Å². The molecule has 0 saturated heterocycles. The van der Waals surface area contributed by atoms with E-state index in [1.165, 1.54) is 0 Å². The zero-order chi connectivity index (χ0) is 20.4. The number of carbonyl (C=O) groups excluding carboxylic acids is 1. The van der Waals surface area contributed by atoms with Gasteiger partial charge in [0.1, 0.15) is 17.4 Å². The summed E-state index contributed by atoms with van der Waals surface area (Å²) in [6, 6.07) is 2.65. The van der Waals surface area contributed by atoms with E-state index in [1.54, 1.807) is 26.8 Å². The molecule has 0 unspecified atom stereocenters. The SMILES string of the molecule is Cc1c(OCC(=O)N[C@H](C(=O)O)C(C)C)ccc2c3c(c(=O)oc12)CCCC3. The minimum Gasteiger partial charge on any atom is -0.483 e. The minimum atomic E-state index is -1.09. The van der Waals surface area contributed by atoms with Gasteiger partial charge in [0.05, 0.1) is 0 Å². The second-order valence-electron chi connectivity index (χ2n) is 7.54. The van der Waals surface area contributed by atoms with E-state index in [9.17, 15) is 14.4 Å². The van der Waals surface area contributed by atoms with Gasteiger partial charge in [0.2, 0.25) is 0 Å². The standard InChI is InChI=1S/C21H25NO6/c1-11(2)18(20(24)25)22-17(23)10-27-16-9-8-14-13-6-4-5-7-15(13)21(26)28-19(14)12(16)3/h8-9,11,18H,4-7,10H2,1-3H3,(H,22,23)(H,24,25)/t18-/m0/s1. The fraction of sp³-hybridized carbons (Fsp3) is 0.476. The number of amides is 1. The Morgan fingerprint density at radius 1 is 1.21 bits per heavy atom. The van der Waals surface area contributed by atoms with Crippen molar-refractivity contribution in [3.05, 3.63) is 39.2 Å². The lowest BCUT2D eigenvalue weighted by Gasteiger charge is -2.19. The van der Waals surface area contributed by atoms with Crippen LogP contribution in [-0.2, 0) is 22.4 Å². The third-order valence-corrected chi connectivity index (χ3v) is 5.20. The van der Waals surface area contributed by atoms with Crippen LogP contribution in [0.2, 0.25) is 0 Å². The molecule has 1 aromatic heterocycles. The first-order chi connectivity index (χ1) is 13.3. The summed E-state index contributed by atoms with van der Waals surface area (Å²) in [5.41, 5.74) is 2.63. The van der Waals surface area contributed by atoms with Gasteiger partial charge in [0, 0.05) is 16.5 Å². The lowest BCUT2D eigenvalue weighted by molar-refractivity contribution is -0.143. The number of benzene rings is 1. The molecule has 7 heteroatoms. The molecular formula is C21H25NO6. The van der Waals surface area contributed by atoms with Crippen molar-refractivity contribution in [3.8, 4) is 5.75 Å². The summed E-state index contributed by atoms with van der Waals surface area (Å²) < 4.78 is 11.1. The van der Waals surface area contributed by atoms with Gasteiger partial charge in [-0.1, -0.05) is 13.8 Å². The number of hydrogen-bond acceptors (Lipinski definition) is 5. The Morgan fingerprint density at radius 3 is 2.54 bits per heavy atom. The summed E-state index contributed by atoms with van der Waals surface area (Å²) in [5, 5.41) is 12.5. The van der Waals surface area contributed by atoms with Crippen LogP contribution < -0.4 is 15.7 Å². The van der Waals surface area contributed by atoms with Crippen LogP contribution in [0.1, 0.15) is 43.4 Å². The molecule has 0 saturated carbocycles. The van der Waals surface area contributed by atoms with E-state index < -0.39 is 17.9 Å². The Bertz CT molecular complexity index is 975. The molecule has 1 atom stereocenters. The van der Waals surface area contributed by atoms with Gasteiger partial charge < -0.3 is 19.6 Å². The third-order valence-electron chi connectivity index (χ3n) is 5.20. The highest BCUT2D eigenvalue weighted by atomic mass is 16.5. The Kier molecular flexibility index (Phi) is 5.72. The molecule has 1 heterocycles.